The molecule has 0 radical (unpaired) electrons. The maximum absolute atomic E-state index is 9.77. The van der Waals surface area contributed by atoms with Crippen LogP contribution >= 0.6 is 15.9 Å². The molecule has 3 aromatic carbocycles. The molecule has 38 heavy (non-hydrogen) atoms. The van der Waals surface area contributed by atoms with E-state index < -0.39 is 0 Å². The van der Waals surface area contributed by atoms with Crippen molar-refractivity contribution in [3.8, 4) is 0 Å². The topological polar surface area (TPSA) is 69.7 Å². The van der Waals surface area contributed by atoms with Crippen molar-refractivity contribution in [3.05, 3.63) is 108 Å². The van der Waals surface area contributed by atoms with Crippen molar-refractivity contribution < 1.29 is 10.2 Å². The van der Waals surface area contributed by atoms with Gasteiger partial charge in [-0.25, -0.2) is 0 Å². The first-order valence-corrected chi connectivity index (χ1v) is 15.2. The molecule has 0 heterocycles. The Bertz CT molecular complexity index is 922. The Morgan fingerprint density at radius 2 is 0.947 bits per heavy atom. The van der Waals surface area contributed by atoms with Crippen molar-refractivity contribution >= 4 is 15.9 Å². The zero-order chi connectivity index (χ0) is 27.0. The molecule has 5 rings (SSSR count). The van der Waals surface area contributed by atoms with Crippen LogP contribution in [0, 0.1) is 0 Å². The van der Waals surface area contributed by atoms with Gasteiger partial charge in [0.25, 0.3) is 0 Å². The predicted octanol–water partition coefficient (Wildman–Crippen LogP) is 6.82. The third-order valence-corrected chi connectivity index (χ3v) is 8.03. The molecule has 2 aliphatic carbocycles. The fraction of sp³-hybridized carbons (Fsp3) is 0.455. The summed E-state index contributed by atoms with van der Waals surface area (Å²) < 4.78 is 0. The summed E-state index contributed by atoms with van der Waals surface area (Å²) in [6.07, 6.45) is 7.73. The number of nitrogens with zero attached hydrogens (tertiary/aromatic N) is 1. The average molecular weight is 582 g/mol. The molecule has 2 fully saturated rings. The van der Waals surface area contributed by atoms with Crippen molar-refractivity contribution in [2.75, 3.05) is 0 Å². The van der Waals surface area contributed by atoms with E-state index in [1.54, 1.807) is 0 Å². The maximum atomic E-state index is 9.77. The first-order valence-electron chi connectivity index (χ1n) is 14.1. The molecule has 0 unspecified atom stereocenters. The largest absolute Gasteiger partial charge is 0.393 e. The van der Waals surface area contributed by atoms with E-state index in [4.69, 9.17) is 10.8 Å². The molecular formula is C33H45BrN2O2. The standard InChI is InChI=1S/C20H25NO.C7H7Br.C6H13NO/c22-20-13-11-19(12-14-20)21(15-17-7-3-1-4-8-17)16-18-9-5-2-6-10-18;8-6-7-4-2-1-3-5-7;7-5-1-3-6(8)4-2-5/h1-10,19-20,22H,11-16H2;1-5H,6H2;5-6,8H,1-4,7H2. The van der Waals surface area contributed by atoms with Gasteiger partial charge in [0.2, 0.25) is 0 Å². The van der Waals surface area contributed by atoms with Crippen LogP contribution in [0.1, 0.15) is 68.1 Å². The lowest BCUT2D eigenvalue weighted by Crippen LogP contribution is -2.38. The highest BCUT2D eigenvalue weighted by Gasteiger charge is 2.25. The highest BCUT2D eigenvalue weighted by molar-refractivity contribution is 9.08. The summed E-state index contributed by atoms with van der Waals surface area (Å²) >= 11 is 3.36. The molecule has 5 heteroatoms. The Balaban J connectivity index is 0.000000203. The van der Waals surface area contributed by atoms with Crippen molar-refractivity contribution in [1.82, 2.24) is 4.90 Å². The van der Waals surface area contributed by atoms with Crippen LogP contribution in [0.4, 0.5) is 0 Å². The van der Waals surface area contributed by atoms with E-state index in [9.17, 15) is 5.11 Å². The second-order valence-corrected chi connectivity index (χ2v) is 11.1. The molecule has 0 spiro atoms. The minimum absolute atomic E-state index is 0.0604. The van der Waals surface area contributed by atoms with E-state index in [0.717, 1.165) is 69.8 Å². The van der Waals surface area contributed by atoms with Crippen LogP contribution in [0.3, 0.4) is 0 Å². The summed E-state index contributed by atoms with van der Waals surface area (Å²) in [5.41, 5.74) is 9.64. The van der Waals surface area contributed by atoms with Crippen molar-refractivity contribution in [2.24, 2.45) is 5.73 Å². The molecule has 0 aromatic heterocycles. The Morgan fingerprint density at radius 1 is 0.579 bits per heavy atom. The summed E-state index contributed by atoms with van der Waals surface area (Å²) in [5.74, 6) is 0. The number of nitrogens with two attached hydrogens (primary N) is 1. The second-order valence-electron chi connectivity index (χ2n) is 10.5. The molecule has 0 atom stereocenters. The third kappa shape index (κ3) is 11.8. The first-order chi connectivity index (χ1) is 18.5. The molecule has 0 bridgehead atoms. The predicted molar refractivity (Wildman–Crippen MR) is 162 cm³/mol. The average Bonchev–Trinajstić information content (AvgIpc) is 2.97. The van der Waals surface area contributed by atoms with Crippen LogP contribution in [0.15, 0.2) is 91.0 Å². The molecule has 4 nitrogen and oxygen atoms in total. The Hall–Kier alpha value is -2.02. The summed E-state index contributed by atoms with van der Waals surface area (Å²) in [7, 11) is 0. The van der Waals surface area contributed by atoms with Gasteiger partial charge in [0.15, 0.2) is 0 Å². The molecule has 2 saturated carbocycles. The zero-order valence-corrected chi connectivity index (χ0v) is 24.1. The maximum Gasteiger partial charge on any atom is 0.0541 e. The molecular weight excluding hydrogens is 536 g/mol. The minimum atomic E-state index is -0.0912. The van der Waals surface area contributed by atoms with E-state index in [1.165, 1.54) is 16.7 Å². The fourth-order valence-corrected chi connectivity index (χ4v) is 5.42. The third-order valence-electron chi connectivity index (χ3n) is 7.38. The number of alkyl halides is 1. The lowest BCUT2D eigenvalue weighted by Gasteiger charge is -2.36. The zero-order valence-electron chi connectivity index (χ0n) is 22.5. The number of aliphatic hydroxyl groups excluding tert-OH is 2. The van der Waals surface area contributed by atoms with Gasteiger partial charge in [0.1, 0.15) is 0 Å². The normalized spacial score (nSPS) is 23.0. The van der Waals surface area contributed by atoms with Gasteiger partial charge in [0, 0.05) is 30.5 Å². The highest BCUT2D eigenvalue weighted by atomic mass is 79.9. The van der Waals surface area contributed by atoms with Gasteiger partial charge >= 0.3 is 0 Å². The van der Waals surface area contributed by atoms with E-state index in [0.29, 0.717) is 12.1 Å². The SMILES string of the molecule is BrCc1ccccc1.NC1CCC(O)CC1.OC1CCC(N(Cc2ccccc2)Cc2ccccc2)CC1. The van der Waals surface area contributed by atoms with Gasteiger partial charge in [-0.2, -0.15) is 0 Å². The van der Waals surface area contributed by atoms with E-state index >= 15 is 0 Å². The molecule has 2 aliphatic rings. The molecule has 0 saturated heterocycles. The van der Waals surface area contributed by atoms with Gasteiger partial charge < -0.3 is 15.9 Å². The summed E-state index contributed by atoms with van der Waals surface area (Å²) in [4.78, 5) is 2.58. The monoisotopic (exact) mass is 580 g/mol. The molecule has 3 aromatic rings. The van der Waals surface area contributed by atoms with Crippen molar-refractivity contribution in [3.63, 3.8) is 0 Å². The summed E-state index contributed by atoms with van der Waals surface area (Å²) in [6, 6.07) is 32.6. The smallest absolute Gasteiger partial charge is 0.0541 e. The van der Waals surface area contributed by atoms with Crippen LogP contribution in [-0.2, 0) is 18.4 Å². The van der Waals surface area contributed by atoms with Gasteiger partial charge in [-0.05, 0) is 68.1 Å². The summed E-state index contributed by atoms with van der Waals surface area (Å²) in [5, 5.41) is 19.7. The number of halogens is 1. The van der Waals surface area contributed by atoms with Gasteiger partial charge in [-0.15, -0.1) is 0 Å². The lowest BCUT2D eigenvalue weighted by atomic mass is 9.91. The van der Waals surface area contributed by atoms with Crippen molar-refractivity contribution in [2.45, 2.75) is 94.1 Å². The Labute approximate surface area is 238 Å². The molecule has 4 N–H and O–H groups in total. The van der Waals surface area contributed by atoms with Crippen LogP contribution in [0.2, 0.25) is 0 Å². The molecule has 0 amide bonds. The van der Waals surface area contributed by atoms with Gasteiger partial charge in [0.05, 0.1) is 12.2 Å². The number of benzene rings is 3. The second kappa shape index (κ2) is 17.5. The highest BCUT2D eigenvalue weighted by Crippen LogP contribution is 2.26. The van der Waals surface area contributed by atoms with Gasteiger partial charge in [-0.1, -0.05) is 107 Å². The number of hydrogen-bond donors (Lipinski definition) is 3. The van der Waals surface area contributed by atoms with Crippen LogP contribution in [-0.4, -0.2) is 39.4 Å². The lowest BCUT2D eigenvalue weighted by molar-refractivity contribution is 0.0666. The number of rotatable bonds is 6. The van der Waals surface area contributed by atoms with E-state index in [2.05, 4.69) is 93.6 Å². The quantitative estimate of drug-likeness (QED) is 0.280. The van der Waals surface area contributed by atoms with Crippen molar-refractivity contribution in [1.29, 1.82) is 0 Å². The van der Waals surface area contributed by atoms with Crippen LogP contribution in [0.5, 0.6) is 0 Å². The molecule has 206 valence electrons. The van der Waals surface area contributed by atoms with Crippen LogP contribution < -0.4 is 5.73 Å². The fourth-order valence-electron chi connectivity index (χ4n) is 5.04. The Kier molecular flexibility index (Phi) is 14.1. The molecule has 0 aliphatic heterocycles. The van der Waals surface area contributed by atoms with Crippen LogP contribution in [0.25, 0.3) is 0 Å². The number of hydrogen-bond acceptors (Lipinski definition) is 4. The Morgan fingerprint density at radius 3 is 1.29 bits per heavy atom. The minimum Gasteiger partial charge on any atom is -0.393 e. The number of aliphatic hydroxyl groups is 2. The van der Waals surface area contributed by atoms with Gasteiger partial charge in [-0.3, -0.25) is 4.90 Å². The first kappa shape index (κ1) is 30.5. The summed E-state index contributed by atoms with van der Waals surface area (Å²) in [6.45, 7) is 1.97. The van der Waals surface area contributed by atoms with E-state index in [-0.39, 0.29) is 12.2 Å². The van der Waals surface area contributed by atoms with E-state index in [1.807, 2.05) is 18.2 Å².